The van der Waals surface area contributed by atoms with E-state index in [4.69, 9.17) is 9.47 Å². The van der Waals surface area contributed by atoms with E-state index in [1.165, 1.54) is 6.08 Å². The van der Waals surface area contributed by atoms with Gasteiger partial charge in [-0.2, -0.15) is 0 Å². The molecule has 19 heavy (non-hydrogen) atoms. The van der Waals surface area contributed by atoms with Crippen molar-refractivity contribution in [2.75, 3.05) is 20.3 Å². The summed E-state index contributed by atoms with van der Waals surface area (Å²) in [6.45, 7) is 5.21. The molecule has 0 aliphatic heterocycles. The number of hydrogen-bond donors (Lipinski definition) is 1. The molecule has 0 heterocycles. The molecule has 4 heteroatoms. The molecule has 0 bridgehead atoms. The van der Waals surface area contributed by atoms with Crippen LogP contribution in [0.2, 0.25) is 0 Å². The predicted octanol–water partition coefficient (Wildman–Crippen LogP) is 2.63. The van der Waals surface area contributed by atoms with Crippen LogP contribution in [0, 0.1) is 0 Å². The molecule has 0 spiro atoms. The highest BCUT2D eigenvalue weighted by molar-refractivity contribution is 5.91. The molecule has 1 amide bonds. The van der Waals surface area contributed by atoms with Gasteiger partial charge in [-0.15, -0.1) is 0 Å². The molecule has 0 fully saturated rings. The minimum absolute atomic E-state index is 0.104. The fourth-order valence-electron chi connectivity index (χ4n) is 1.52. The van der Waals surface area contributed by atoms with Gasteiger partial charge < -0.3 is 14.8 Å². The van der Waals surface area contributed by atoms with Crippen LogP contribution in [0.5, 0.6) is 11.5 Å². The minimum Gasteiger partial charge on any atom is -0.493 e. The van der Waals surface area contributed by atoms with Crippen molar-refractivity contribution >= 4 is 12.0 Å². The average molecular weight is 263 g/mol. The van der Waals surface area contributed by atoms with E-state index < -0.39 is 0 Å². The number of rotatable bonds is 7. The van der Waals surface area contributed by atoms with Gasteiger partial charge in [0.2, 0.25) is 5.91 Å². The Morgan fingerprint density at radius 3 is 2.74 bits per heavy atom. The topological polar surface area (TPSA) is 47.6 Å². The molecule has 104 valence electrons. The second-order valence-corrected chi connectivity index (χ2v) is 3.99. The number of benzene rings is 1. The summed E-state index contributed by atoms with van der Waals surface area (Å²) in [6.07, 6.45) is 4.20. The Morgan fingerprint density at radius 2 is 2.11 bits per heavy atom. The number of hydrogen-bond acceptors (Lipinski definition) is 3. The van der Waals surface area contributed by atoms with Gasteiger partial charge in [-0.25, -0.2) is 0 Å². The first-order valence-corrected chi connectivity index (χ1v) is 6.48. The molecular formula is C15H21NO3. The fraction of sp³-hybridized carbons (Fsp3) is 0.400. The van der Waals surface area contributed by atoms with Gasteiger partial charge >= 0.3 is 0 Å². The monoisotopic (exact) mass is 263 g/mol. The van der Waals surface area contributed by atoms with E-state index in [0.29, 0.717) is 18.9 Å². The molecule has 0 atom stereocenters. The zero-order chi connectivity index (χ0) is 14.1. The number of amides is 1. The van der Waals surface area contributed by atoms with Crippen molar-refractivity contribution in [3.63, 3.8) is 0 Å². The number of nitrogens with one attached hydrogen (secondary N) is 1. The number of ether oxygens (including phenoxy) is 2. The largest absolute Gasteiger partial charge is 0.493 e. The Bertz CT molecular complexity index is 441. The second-order valence-electron chi connectivity index (χ2n) is 3.99. The van der Waals surface area contributed by atoms with Crippen molar-refractivity contribution in [2.45, 2.75) is 20.3 Å². The molecule has 0 saturated carbocycles. The summed E-state index contributed by atoms with van der Waals surface area (Å²) in [5.41, 5.74) is 0.895. The average Bonchev–Trinajstić information content (AvgIpc) is 2.43. The van der Waals surface area contributed by atoms with Crippen molar-refractivity contribution in [1.82, 2.24) is 5.32 Å². The van der Waals surface area contributed by atoms with Crippen LogP contribution in [-0.2, 0) is 4.79 Å². The standard InChI is InChI=1S/C15H21NO3/c1-4-10-19-13-8-6-12(11-14(13)18-3)7-9-15(17)16-5-2/h6-9,11H,4-5,10H2,1-3H3,(H,16,17)/b9-7+. The smallest absolute Gasteiger partial charge is 0.243 e. The van der Waals surface area contributed by atoms with E-state index in [1.54, 1.807) is 13.2 Å². The first kappa shape index (κ1) is 15.1. The molecule has 0 aromatic heterocycles. The summed E-state index contributed by atoms with van der Waals surface area (Å²) in [6, 6.07) is 5.59. The molecule has 1 N–H and O–H groups in total. The van der Waals surface area contributed by atoms with Gasteiger partial charge in [-0.05, 0) is 37.1 Å². The van der Waals surface area contributed by atoms with E-state index in [2.05, 4.69) is 12.2 Å². The van der Waals surface area contributed by atoms with Crippen LogP contribution in [0.25, 0.3) is 6.08 Å². The lowest BCUT2D eigenvalue weighted by Crippen LogP contribution is -2.19. The van der Waals surface area contributed by atoms with E-state index >= 15 is 0 Å². The summed E-state index contributed by atoms with van der Waals surface area (Å²) in [4.78, 5) is 11.3. The summed E-state index contributed by atoms with van der Waals surface area (Å²) >= 11 is 0. The van der Waals surface area contributed by atoms with Crippen LogP contribution >= 0.6 is 0 Å². The maximum atomic E-state index is 11.3. The van der Waals surface area contributed by atoms with Crippen LogP contribution < -0.4 is 14.8 Å². The summed E-state index contributed by atoms with van der Waals surface area (Å²) < 4.78 is 10.8. The highest BCUT2D eigenvalue weighted by atomic mass is 16.5. The third-order valence-corrected chi connectivity index (χ3v) is 2.43. The van der Waals surface area contributed by atoms with Crippen LogP contribution in [0.15, 0.2) is 24.3 Å². The molecule has 0 aliphatic rings. The maximum absolute atomic E-state index is 11.3. The highest BCUT2D eigenvalue weighted by Crippen LogP contribution is 2.28. The van der Waals surface area contributed by atoms with Gasteiger partial charge in [0.25, 0.3) is 0 Å². The van der Waals surface area contributed by atoms with Gasteiger partial charge in [-0.1, -0.05) is 13.0 Å². The molecule has 0 saturated heterocycles. The number of carbonyl (C=O) groups is 1. The maximum Gasteiger partial charge on any atom is 0.243 e. The van der Waals surface area contributed by atoms with Crippen molar-refractivity contribution in [3.05, 3.63) is 29.8 Å². The van der Waals surface area contributed by atoms with Crippen LogP contribution in [0.4, 0.5) is 0 Å². The van der Waals surface area contributed by atoms with Crippen molar-refractivity contribution in [3.8, 4) is 11.5 Å². The van der Waals surface area contributed by atoms with Gasteiger partial charge in [0.15, 0.2) is 11.5 Å². The van der Waals surface area contributed by atoms with Gasteiger partial charge in [0.05, 0.1) is 13.7 Å². The van der Waals surface area contributed by atoms with Gasteiger partial charge in [0.1, 0.15) is 0 Å². The zero-order valence-corrected chi connectivity index (χ0v) is 11.7. The Labute approximate surface area is 114 Å². The predicted molar refractivity (Wildman–Crippen MR) is 76.5 cm³/mol. The first-order valence-electron chi connectivity index (χ1n) is 6.48. The molecule has 0 unspecified atom stereocenters. The Hall–Kier alpha value is -1.97. The third-order valence-electron chi connectivity index (χ3n) is 2.43. The van der Waals surface area contributed by atoms with E-state index in [-0.39, 0.29) is 5.91 Å². The van der Waals surface area contributed by atoms with E-state index in [9.17, 15) is 4.79 Å². The summed E-state index contributed by atoms with van der Waals surface area (Å²) in [7, 11) is 1.60. The SMILES string of the molecule is CCCOc1ccc(/C=C/C(=O)NCC)cc1OC. The number of likely N-dealkylation sites (N-methyl/N-ethyl adjacent to an activating group) is 1. The quantitative estimate of drug-likeness (QED) is 0.769. The Kier molecular flexibility index (Phi) is 6.50. The van der Waals surface area contributed by atoms with Crippen molar-refractivity contribution < 1.29 is 14.3 Å². The van der Waals surface area contributed by atoms with Crippen LogP contribution in [0.3, 0.4) is 0 Å². The lowest BCUT2D eigenvalue weighted by atomic mass is 10.2. The van der Waals surface area contributed by atoms with Crippen LogP contribution in [0.1, 0.15) is 25.8 Å². The minimum atomic E-state index is -0.104. The molecule has 4 nitrogen and oxygen atoms in total. The number of carbonyl (C=O) groups excluding carboxylic acids is 1. The van der Waals surface area contributed by atoms with Crippen molar-refractivity contribution in [1.29, 1.82) is 0 Å². The Morgan fingerprint density at radius 1 is 1.32 bits per heavy atom. The highest BCUT2D eigenvalue weighted by Gasteiger charge is 2.04. The molecule has 1 aromatic rings. The summed E-state index contributed by atoms with van der Waals surface area (Å²) in [5, 5.41) is 2.70. The Balaban J connectivity index is 2.78. The molecular weight excluding hydrogens is 242 g/mol. The van der Waals surface area contributed by atoms with Gasteiger partial charge in [-0.3, -0.25) is 4.79 Å². The van der Waals surface area contributed by atoms with Crippen LogP contribution in [-0.4, -0.2) is 26.2 Å². The molecule has 1 rings (SSSR count). The molecule has 0 radical (unpaired) electrons. The summed E-state index contributed by atoms with van der Waals surface area (Å²) in [5.74, 6) is 1.29. The zero-order valence-electron chi connectivity index (χ0n) is 11.7. The molecule has 1 aromatic carbocycles. The number of methoxy groups -OCH3 is 1. The lowest BCUT2D eigenvalue weighted by Gasteiger charge is -2.10. The lowest BCUT2D eigenvalue weighted by molar-refractivity contribution is -0.116. The van der Waals surface area contributed by atoms with Gasteiger partial charge in [0, 0.05) is 12.6 Å². The molecule has 0 aliphatic carbocycles. The third kappa shape index (κ3) is 5.04. The normalized spacial score (nSPS) is 10.5. The first-order chi connectivity index (χ1) is 9.21. The fourth-order valence-corrected chi connectivity index (χ4v) is 1.52. The second kappa shape index (κ2) is 8.19. The van der Waals surface area contributed by atoms with E-state index in [0.717, 1.165) is 17.7 Å². The van der Waals surface area contributed by atoms with E-state index in [1.807, 2.05) is 25.1 Å². The van der Waals surface area contributed by atoms with Crippen molar-refractivity contribution in [2.24, 2.45) is 0 Å².